The van der Waals surface area contributed by atoms with Gasteiger partial charge in [0.1, 0.15) is 16.6 Å². The Labute approximate surface area is 130 Å². The van der Waals surface area contributed by atoms with Crippen molar-refractivity contribution in [2.24, 2.45) is 5.73 Å². The first-order valence-electron chi connectivity index (χ1n) is 5.77. The summed E-state index contributed by atoms with van der Waals surface area (Å²) in [4.78, 5) is 12.1. The number of hydrogen-bond donors (Lipinski definition) is 3. The molecule has 21 heavy (non-hydrogen) atoms. The standard InChI is InChI=1S/C14H10ClFN2O2S/c15-7-1-3-10(13(17)21)12(5-7)18-14(20)9-4-2-8(19)6-11(9)16/h1-6,19H,(H2,17,21)(H,18,20). The molecule has 0 saturated heterocycles. The highest BCUT2D eigenvalue weighted by molar-refractivity contribution is 7.80. The third kappa shape index (κ3) is 3.48. The van der Waals surface area contributed by atoms with Crippen LogP contribution in [0.1, 0.15) is 15.9 Å². The molecule has 0 aromatic heterocycles. The van der Waals surface area contributed by atoms with Gasteiger partial charge in [0, 0.05) is 16.7 Å². The van der Waals surface area contributed by atoms with Gasteiger partial charge in [-0.1, -0.05) is 23.8 Å². The molecular formula is C14H10ClFN2O2S. The van der Waals surface area contributed by atoms with Gasteiger partial charge in [0.25, 0.3) is 5.91 Å². The van der Waals surface area contributed by atoms with Crippen LogP contribution in [0.15, 0.2) is 36.4 Å². The number of hydrogen-bond acceptors (Lipinski definition) is 3. The van der Waals surface area contributed by atoms with Gasteiger partial charge in [-0.2, -0.15) is 0 Å². The minimum Gasteiger partial charge on any atom is -0.508 e. The topological polar surface area (TPSA) is 75.3 Å². The largest absolute Gasteiger partial charge is 0.508 e. The van der Waals surface area contributed by atoms with E-state index in [9.17, 15) is 9.18 Å². The van der Waals surface area contributed by atoms with Gasteiger partial charge in [-0.3, -0.25) is 4.79 Å². The number of nitrogens with one attached hydrogen (secondary N) is 1. The van der Waals surface area contributed by atoms with E-state index in [0.29, 0.717) is 10.6 Å². The Morgan fingerprint density at radius 3 is 2.52 bits per heavy atom. The molecule has 0 spiro atoms. The van der Waals surface area contributed by atoms with Crippen molar-refractivity contribution in [1.82, 2.24) is 0 Å². The number of amides is 1. The number of nitrogens with two attached hydrogens (primary N) is 1. The molecule has 1 amide bonds. The molecule has 0 unspecified atom stereocenters. The summed E-state index contributed by atoms with van der Waals surface area (Å²) in [6.07, 6.45) is 0. The van der Waals surface area contributed by atoms with E-state index >= 15 is 0 Å². The molecule has 0 saturated carbocycles. The average molecular weight is 325 g/mol. The third-order valence-electron chi connectivity index (χ3n) is 2.69. The maximum Gasteiger partial charge on any atom is 0.258 e. The second-order valence-electron chi connectivity index (χ2n) is 4.17. The van der Waals surface area contributed by atoms with Gasteiger partial charge in [-0.25, -0.2) is 4.39 Å². The summed E-state index contributed by atoms with van der Waals surface area (Å²) >= 11 is 10.7. The Morgan fingerprint density at radius 2 is 1.90 bits per heavy atom. The quantitative estimate of drug-likeness (QED) is 0.758. The maximum absolute atomic E-state index is 13.6. The maximum atomic E-state index is 13.6. The van der Waals surface area contributed by atoms with Gasteiger partial charge in [0.2, 0.25) is 0 Å². The fourth-order valence-electron chi connectivity index (χ4n) is 1.71. The third-order valence-corrected chi connectivity index (χ3v) is 3.15. The number of carbonyl (C=O) groups is 1. The second-order valence-corrected chi connectivity index (χ2v) is 5.05. The summed E-state index contributed by atoms with van der Waals surface area (Å²) in [7, 11) is 0. The van der Waals surface area contributed by atoms with Crippen molar-refractivity contribution in [3.63, 3.8) is 0 Å². The van der Waals surface area contributed by atoms with Crippen molar-refractivity contribution >= 4 is 40.4 Å². The van der Waals surface area contributed by atoms with Crippen LogP contribution in [-0.4, -0.2) is 16.0 Å². The molecule has 108 valence electrons. The Bertz CT molecular complexity index is 737. The van der Waals surface area contributed by atoms with Gasteiger partial charge in [0.05, 0.1) is 11.3 Å². The molecule has 7 heteroatoms. The van der Waals surface area contributed by atoms with Crippen molar-refractivity contribution in [3.05, 3.63) is 58.4 Å². The van der Waals surface area contributed by atoms with E-state index in [0.717, 1.165) is 6.07 Å². The van der Waals surface area contributed by atoms with Crippen molar-refractivity contribution in [2.75, 3.05) is 5.32 Å². The van der Waals surface area contributed by atoms with Crippen LogP contribution in [0.5, 0.6) is 5.75 Å². The van der Waals surface area contributed by atoms with Crippen LogP contribution < -0.4 is 11.1 Å². The highest BCUT2D eigenvalue weighted by atomic mass is 35.5. The lowest BCUT2D eigenvalue weighted by molar-refractivity contribution is 0.102. The van der Waals surface area contributed by atoms with E-state index < -0.39 is 11.7 Å². The molecule has 0 aliphatic carbocycles. The predicted octanol–water partition coefficient (Wildman–Crippen LogP) is 3.07. The van der Waals surface area contributed by atoms with Crippen molar-refractivity contribution in [1.29, 1.82) is 0 Å². The SMILES string of the molecule is NC(=S)c1ccc(Cl)cc1NC(=O)c1ccc(O)cc1F. The second kappa shape index (κ2) is 6.07. The van der Waals surface area contributed by atoms with Gasteiger partial charge in [-0.15, -0.1) is 0 Å². The highest BCUT2D eigenvalue weighted by Crippen LogP contribution is 2.23. The van der Waals surface area contributed by atoms with Gasteiger partial charge >= 0.3 is 0 Å². The number of halogens is 2. The fourth-order valence-corrected chi connectivity index (χ4v) is 2.06. The van der Waals surface area contributed by atoms with E-state index in [1.165, 1.54) is 18.2 Å². The van der Waals surface area contributed by atoms with E-state index in [1.54, 1.807) is 12.1 Å². The molecule has 0 bridgehead atoms. The first-order chi connectivity index (χ1) is 9.88. The molecule has 0 fully saturated rings. The lowest BCUT2D eigenvalue weighted by Gasteiger charge is -2.11. The van der Waals surface area contributed by atoms with E-state index in [2.05, 4.69) is 5.32 Å². The number of anilines is 1. The average Bonchev–Trinajstić information content (AvgIpc) is 2.37. The zero-order valence-corrected chi connectivity index (χ0v) is 12.1. The Kier molecular flexibility index (Phi) is 4.40. The van der Waals surface area contributed by atoms with Gasteiger partial charge in [0.15, 0.2) is 0 Å². The van der Waals surface area contributed by atoms with Crippen molar-refractivity contribution < 1.29 is 14.3 Å². The van der Waals surface area contributed by atoms with Gasteiger partial charge in [-0.05, 0) is 30.3 Å². The summed E-state index contributed by atoms with van der Waals surface area (Å²) in [6, 6.07) is 7.84. The number of phenolic OH excluding ortho intramolecular Hbond substituents is 1. The molecule has 2 aromatic rings. The zero-order valence-electron chi connectivity index (χ0n) is 10.6. The molecule has 0 aliphatic rings. The monoisotopic (exact) mass is 324 g/mol. The lowest BCUT2D eigenvalue weighted by Crippen LogP contribution is -2.18. The fraction of sp³-hybridized carbons (Fsp3) is 0. The summed E-state index contributed by atoms with van der Waals surface area (Å²) < 4.78 is 13.6. The summed E-state index contributed by atoms with van der Waals surface area (Å²) in [6.45, 7) is 0. The van der Waals surface area contributed by atoms with Crippen LogP contribution in [0.25, 0.3) is 0 Å². The van der Waals surface area contributed by atoms with Crippen LogP contribution in [0.3, 0.4) is 0 Å². The smallest absolute Gasteiger partial charge is 0.258 e. The highest BCUT2D eigenvalue weighted by Gasteiger charge is 2.15. The number of aromatic hydroxyl groups is 1. The zero-order chi connectivity index (χ0) is 15.6. The van der Waals surface area contributed by atoms with Crippen LogP contribution in [0, 0.1) is 5.82 Å². The number of rotatable bonds is 3. The predicted molar refractivity (Wildman–Crippen MR) is 83.4 cm³/mol. The first-order valence-corrected chi connectivity index (χ1v) is 6.56. The van der Waals surface area contributed by atoms with Crippen LogP contribution in [0.4, 0.5) is 10.1 Å². The van der Waals surface area contributed by atoms with Crippen molar-refractivity contribution in [2.45, 2.75) is 0 Å². The minimum atomic E-state index is -0.841. The molecule has 4 N–H and O–H groups in total. The molecule has 2 rings (SSSR count). The number of benzene rings is 2. The molecule has 4 nitrogen and oxygen atoms in total. The van der Waals surface area contributed by atoms with Crippen LogP contribution in [0.2, 0.25) is 5.02 Å². The normalized spacial score (nSPS) is 10.2. The summed E-state index contributed by atoms with van der Waals surface area (Å²) in [5.41, 5.74) is 6.04. The number of thiocarbonyl (C=S) groups is 1. The minimum absolute atomic E-state index is 0.0770. The molecular weight excluding hydrogens is 315 g/mol. The summed E-state index contributed by atoms with van der Waals surface area (Å²) in [5.74, 6) is -1.81. The first kappa shape index (κ1) is 15.2. The molecule has 2 aromatic carbocycles. The van der Waals surface area contributed by atoms with E-state index in [-0.39, 0.29) is 22.0 Å². The Balaban J connectivity index is 2.35. The number of phenols is 1. The van der Waals surface area contributed by atoms with Crippen molar-refractivity contribution in [3.8, 4) is 5.75 Å². The Hall–Kier alpha value is -2.18. The summed E-state index contributed by atoms with van der Waals surface area (Å²) in [5, 5.41) is 12.0. The molecule has 0 atom stereocenters. The molecule has 0 aliphatic heterocycles. The molecule has 0 heterocycles. The van der Waals surface area contributed by atoms with Crippen LogP contribution in [-0.2, 0) is 0 Å². The van der Waals surface area contributed by atoms with Gasteiger partial charge < -0.3 is 16.2 Å². The number of carbonyl (C=O) groups excluding carboxylic acids is 1. The van der Waals surface area contributed by atoms with Crippen LogP contribution >= 0.6 is 23.8 Å². The molecule has 0 radical (unpaired) electrons. The van der Waals surface area contributed by atoms with E-state index in [4.69, 9.17) is 34.7 Å². The Morgan fingerprint density at radius 1 is 1.24 bits per heavy atom. The lowest BCUT2D eigenvalue weighted by atomic mass is 10.1. The van der Waals surface area contributed by atoms with E-state index in [1.807, 2.05) is 0 Å².